The predicted octanol–water partition coefficient (Wildman–Crippen LogP) is 2.63. The quantitative estimate of drug-likeness (QED) is 0.897. The maximum absolute atomic E-state index is 12.3. The van der Waals surface area contributed by atoms with Crippen LogP contribution in [0.15, 0.2) is 24.3 Å². The van der Waals surface area contributed by atoms with Crippen molar-refractivity contribution >= 4 is 11.6 Å². The van der Waals surface area contributed by atoms with E-state index in [4.69, 9.17) is 5.73 Å². The molecule has 0 saturated carbocycles. The number of nitrogens with two attached hydrogens (primary N) is 1. The van der Waals surface area contributed by atoms with Crippen molar-refractivity contribution in [3.63, 3.8) is 0 Å². The fourth-order valence-electron chi connectivity index (χ4n) is 1.64. The van der Waals surface area contributed by atoms with E-state index in [1.54, 1.807) is 24.3 Å². The van der Waals surface area contributed by atoms with E-state index in [0.717, 1.165) is 10.5 Å². The summed E-state index contributed by atoms with van der Waals surface area (Å²) < 4.78 is 36.9. The highest BCUT2D eigenvalue weighted by molar-refractivity contribution is 5.93. The first-order chi connectivity index (χ1) is 8.83. The lowest BCUT2D eigenvalue weighted by Gasteiger charge is -2.23. The van der Waals surface area contributed by atoms with E-state index in [9.17, 15) is 18.0 Å². The monoisotopic (exact) mass is 274 g/mol. The summed E-state index contributed by atoms with van der Waals surface area (Å²) in [4.78, 5) is 12.9. The van der Waals surface area contributed by atoms with Gasteiger partial charge in [-0.25, -0.2) is 0 Å². The summed E-state index contributed by atoms with van der Waals surface area (Å²) >= 11 is 0. The molecule has 0 spiro atoms. The van der Waals surface area contributed by atoms with E-state index in [-0.39, 0.29) is 6.54 Å². The molecule has 0 aliphatic heterocycles. The molecule has 1 aromatic carbocycles. The van der Waals surface area contributed by atoms with Gasteiger partial charge in [0, 0.05) is 12.2 Å². The lowest BCUT2D eigenvalue weighted by atomic mass is 10.2. The average Bonchev–Trinajstić information content (AvgIpc) is 2.29. The van der Waals surface area contributed by atoms with Gasteiger partial charge in [-0.1, -0.05) is 17.7 Å². The van der Waals surface area contributed by atoms with Crippen LogP contribution < -0.4 is 10.6 Å². The number of aryl methyl sites for hydroxylation is 1. The Labute approximate surface area is 110 Å². The molecule has 0 aliphatic carbocycles. The third kappa shape index (κ3) is 5.30. The van der Waals surface area contributed by atoms with Crippen molar-refractivity contribution in [1.82, 2.24) is 0 Å². The molecule has 0 aliphatic rings. The summed E-state index contributed by atoms with van der Waals surface area (Å²) in [6, 6.07) is 6.79. The molecule has 0 saturated heterocycles. The zero-order valence-electron chi connectivity index (χ0n) is 10.7. The van der Waals surface area contributed by atoms with Crippen LogP contribution >= 0.6 is 0 Å². The minimum absolute atomic E-state index is 0.189. The molecule has 19 heavy (non-hydrogen) atoms. The Kier molecular flexibility index (Phi) is 5.35. The molecule has 2 N–H and O–H groups in total. The zero-order valence-corrected chi connectivity index (χ0v) is 10.7. The minimum Gasteiger partial charge on any atom is -0.330 e. The second-order valence-corrected chi connectivity index (χ2v) is 4.32. The Hall–Kier alpha value is -1.56. The zero-order chi connectivity index (χ0) is 14.5. The van der Waals surface area contributed by atoms with Gasteiger partial charge in [-0.15, -0.1) is 0 Å². The number of nitrogens with zero attached hydrogens (tertiary/aromatic N) is 1. The number of alkyl halides is 3. The van der Waals surface area contributed by atoms with Crippen molar-refractivity contribution in [1.29, 1.82) is 0 Å². The van der Waals surface area contributed by atoms with Crippen LogP contribution in [0, 0.1) is 6.92 Å². The molecule has 0 radical (unpaired) electrons. The van der Waals surface area contributed by atoms with Gasteiger partial charge in [0.2, 0.25) is 5.91 Å². The van der Waals surface area contributed by atoms with Crippen molar-refractivity contribution in [2.45, 2.75) is 25.9 Å². The van der Waals surface area contributed by atoms with Gasteiger partial charge in [-0.05, 0) is 32.0 Å². The average molecular weight is 274 g/mol. The molecule has 106 valence electrons. The van der Waals surface area contributed by atoms with Gasteiger partial charge in [0.05, 0.1) is 0 Å². The van der Waals surface area contributed by atoms with Crippen molar-refractivity contribution in [2.24, 2.45) is 5.73 Å². The first-order valence-corrected chi connectivity index (χ1v) is 5.97. The van der Waals surface area contributed by atoms with Crippen LogP contribution in [-0.4, -0.2) is 25.2 Å². The highest BCUT2D eigenvalue weighted by atomic mass is 19.4. The first kappa shape index (κ1) is 15.5. The molecular weight excluding hydrogens is 257 g/mol. The number of carbonyl (C=O) groups is 1. The molecule has 6 heteroatoms. The lowest BCUT2D eigenvalue weighted by molar-refractivity contribution is -0.151. The maximum Gasteiger partial charge on any atom is 0.397 e. The van der Waals surface area contributed by atoms with Gasteiger partial charge >= 0.3 is 6.18 Å². The van der Waals surface area contributed by atoms with Gasteiger partial charge in [0.15, 0.2) is 0 Å². The SMILES string of the molecule is Cc1ccc(N(CCCN)C(=O)CC(F)(F)F)cc1. The number of carbonyl (C=O) groups excluding carboxylic acids is 1. The summed E-state index contributed by atoms with van der Waals surface area (Å²) in [6.07, 6.45) is -5.49. The van der Waals surface area contributed by atoms with E-state index < -0.39 is 18.5 Å². The Bertz CT molecular complexity index is 415. The van der Waals surface area contributed by atoms with Gasteiger partial charge in [-0.3, -0.25) is 4.79 Å². The van der Waals surface area contributed by atoms with Gasteiger partial charge in [0.25, 0.3) is 0 Å². The topological polar surface area (TPSA) is 46.3 Å². The number of halogens is 3. The summed E-state index contributed by atoms with van der Waals surface area (Å²) in [5.41, 5.74) is 6.79. The van der Waals surface area contributed by atoms with Gasteiger partial charge < -0.3 is 10.6 Å². The predicted molar refractivity (Wildman–Crippen MR) is 67.9 cm³/mol. The molecule has 0 bridgehead atoms. The Morgan fingerprint density at radius 1 is 1.26 bits per heavy atom. The number of benzene rings is 1. The number of hydrogen-bond donors (Lipinski definition) is 1. The van der Waals surface area contributed by atoms with E-state index in [0.29, 0.717) is 18.7 Å². The molecule has 0 heterocycles. The van der Waals surface area contributed by atoms with Crippen molar-refractivity contribution in [2.75, 3.05) is 18.0 Å². The number of amides is 1. The number of rotatable bonds is 5. The molecule has 0 fully saturated rings. The highest BCUT2D eigenvalue weighted by Gasteiger charge is 2.33. The van der Waals surface area contributed by atoms with E-state index in [1.807, 2.05) is 6.92 Å². The van der Waals surface area contributed by atoms with E-state index in [2.05, 4.69) is 0 Å². The van der Waals surface area contributed by atoms with Crippen molar-refractivity contribution in [3.05, 3.63) is 29.8 Å². The van der Waals surface area contributed by atoms with E-state index in [1.165, 1.54) is 0 Å². The van der Waals surface area contributed by atoms with Gasteiger partial charge in [0.1, 0.15) is 6.42 Å². The van der Waals surface area contributed by atoms with Crippen molar-refractivity contribution < 1.29 is 18.0 Å². The van der Waals surface area contributed by atoms with Crippen molar-refractivity contribution in [3.8, 4) is 0 Å². The fraction of sp³-hybridized carbons (Fsp3) is 0.462. The second-order valence-electron chi connectivity index (χ2n) is 4.32. The van der Waals surface area contributed by atoms with Crippen LogP contribution in [0.4, 0.5) is 18.9 Å². The molecule has 0 atom stereocenters. The summed E-state index contributed by atoms with van der Waals surface area (Å²) in [7, 11) is 0. The number of hydrogen-bond acceptors (Lipinski definition) is 2. The third-order valence-corrected chi connectivity index (χ3v) is 2.58. The fourth-order valence-corrected chi connectivity index (χ4v) is 1.64. The number of anilines is 1. The first-order valence-electron chi connectivity index (χ1n) is 5.97. The lowest BCUT2D eigenvalue weighted by Crippen LogP contribution is -2.35. The van der Waals surface area contributed by atoms with Gasteiger partial charge in [-0.2, -0.15) is 13.2 Å². The van der Waals surface area contributed by atoms with E-state index >= 15 is 0 Å². The summed E-state index contributed by atoms with van der Waals surface area (Å²) in [5.74, 6) is -0.954. The van der Waals surface area contributed by atoms with Crippen LogP contribution in [0.25, 0.3) is 0 Å². The summed E-state index contributed by atoms with van der Waals surface area (Å²) in [6.45, 7) is 2.38. The van der Waals surface area contributed by atoms with Crippen LogP contribution in [0.1, 0.15) is 18.4 Å². The Morgan fingerprint density at radius 2 is 1.84 bits per heavy atom. The third-order valence-electron chi connectivity index (χ3n) is 2.58. The molecule has 1 amide bonds. The Balaban J connectivity index is 2.87. The molecule has 0 unspecified atom stereocenters. The van der Waals surface area contributed by atoms with Crippen LogP contribution in [0.5, 0.6) is 0 Å². The highest BCUT2D eigenvalue weighted by Crippen LogP contribution is 2.24. The second kappa shape index (κ2) is 6.56. The molecular formula is C13H17F3N2O. The Morgan fingerprint density at radius 3 is 2.32 bits per heavy atom. The molecule has 1 aromatic rings. The minimum atomic E-state index is -4.50. The standard InChI is InChI=1S/C13H17F3N2O/c1-10-3-5-11(6-4-10)18(8-2-7-17)12(19)9-13(14,15)16/h3-6H,2,7-9,17H2,1H3. The van der Waals surface area contributed by atoms with Crippen LogP contribution in [0.2, 0.25) is 0 Å². The smallest absolute Gasteiger partial charge is 0.330 e. The van der Waals surface area contributed by atoms with Crippen LogP contribution in [-0.2, 0) is 4.79 Å². The molecule has 1 rings (SSSR count). The largest absolute Gasteiger partial charge is 0.397 e. The summed E-state index contributed by atoms with van der Waals surface area (Å²) in [5, 5.41) is 0. The van der Waals surface area contributed by atoms with Crippen LogP contribution in [0.3, 0.4) is 0 Å². The molecule has 3 nitrogen and oxygen atoms in total. The normalized spacial score (nSPS) is 11.4. The molecule has 0 aromatic heterocycles. The maximum atomic E-state index is 12.3.